The maximum atomic E-state index is 6.51. The van der Waals surface area contributed by atoms with Crippen LogP contribution in [0.15, 0.2) is 66.5 Å². The molecule has 1 fully saturated rings. The van der Waals surface area contributed by atoms with Crippen LogP contribution in [0, 0.1) is 17.8 Å². The molecule has 2 aliphatic carbocycles. The summed E-state index contributed by atoms with van der Waals surface area (Å²) in [4.78, 5) is 2.77. The normalized spacial score (nSPS) is 36.5. The Balaban J connectivity index is 1.63. The molecule has 0 bridgehead atoms. The van der Waals surface area contributed by atoms with E-state index >= 15 is 0 Å². The number of hydrogen-bond acceptors (Lipinski definition) is 2. The van der Waals surface area contributed by atoms with Gasteiger partial charge in [0.2, 0.25) is 0 Å². The van der Waals surface area contributed by atoms with E-state index in [1.54, 1.807) is 0 Å². The third kappa shape index (κ3) is 2.83. The van der Waals surface area contributed by atoms with Crippen LogP contribution in [-0.4, -0.2) is 17.7 Å². The molecule has 6 unspecified atom stereocenters. The van der Waals surface area contributed by atoms with Gasteiger partial charge in [0.15, 0.2) is 0 Å². The first-order chi connectivity index (χ1) is 14.6. The molecule has 0 saturated carbocycles. The molecule has 2 aliphatic heterocycles. The zero-order valence-electron chi connectivity index (χ0n) is 18.8. The van der Waals surface area contributed by atoms with E-state index in [2.05, 4.69) is 87.3 Å². The van der Waals surface area contributed by atoms with Gasteiger partial charge in [0.1, 0.15) is 5.60 Å². The van der Waals surface area contributed by atoms with E-state index in [1.807, 2.05) is 6.26 Å². The van der Waals surface area contributed by atoms with Crippen molar-refractivity contribution in [2.75, 3.05) is 4.90 Å². The molecular formula is C28H35NO. The Morgan fingerprint density at radius 3 is 2.60 bits per heavy atom. The van der Waals surface area contributed by atoms with Gasteiger partial charge in [-0.15, -0.1) is 0 Å². The lowest BCUT2D eigenvalue weighted by atomic mass is 9.69. The van der Waals surface area contributed by atoms with Crippen LogP contribution in [0.1, 0.15) is 51.7 Å². The lowest BCUT2D eigenvalue weighted by Gasteiger charge is -2.40. The molecule has 0 amide bonds. The van der Waals surface area contributed by atoms with Gasteiger partial charge < -0.3 is 9.64 Å². The number of benzene rings is 1. The van der Waals surface area contributed by atoms with Crippen molar-refractivity contribution in [2.24, 2.45) is 17.8 Å². The maximum absolute atomic E-state index is 6.51. The zero-order valence-corrected chi connectivity index (χ0v) is 18.8. The number of allylic oxidation sites excluding steroid dienone is 2. The molecule has 2 heteroatoms. The van der Waals surface area contributed by atoms with Crippen molar-refractivity contribution < 1.29 is 4.74 Å². The number of hydrogen-bond donors (Lipinski definition) is 0. The summed E-state index contributed by atoms with van der Waals surface area (Å²) in [6.45, 7) is 9.14. The minimum Gasteiger partial charge on any atom is -0.494 e. The van der Waals surface area contributed by atoms with Gasteiger partial charge in [0.25, 0.3) is 0 Å². The molecule has 4 aliphatic rings. The van der Waals surface area contributed by atoms with Crippen molar-refractivity contribution in [3.05, 3.63) is 77.6 Å². The van der Waals surface area contributed by atoms with E-state index in [1.165, 1.54) is 22.4 Å². The van der Waals surface area contributed by atoms with Gasteiger partial charge in [-0.25, -0.2) is 0 Å². The number of anilines is 1. The van der Waals surface area contributed by atoms with Crippen LogP contribution in [0.5, 0.6) is 0 Å². The Labute approximate surface area is 182 Å². The number of aryl methyl sites for hydroxylation is 2. The van der Waals surface area contributed by atoms with Crippen molar-refractivity contribution in [2.45, 2.75) is 71.1 Å². The fourth-order valence-electron chi connectivity index (χ4n) is 6.76. The van der Waals surface area contributed by atoms with Crippen molar-refractivity contribution >= 4 is 5.69 Å². The van der Waals surface area contributed by atoms with Crippen LogP contribution in [0.25, 0.3) is 0 Å². The predicted octanol–water partition coefficient (Wildman–Crippen LogP) is 6.39. The van der Waals surface area contributed by atoms with Gasteiger partial charge in [-0.2, -0.15) is 0 Å². The van der Waals surface area contributed by atoms with Gasteiger partial charge >= 0.3 is 0 Å². The molecule has 0 N–H and O–H groups in total. The topological polar surface area (TPSA) is 12.5 Å². The highest BCUT2D eigenvalue weighted by Gasteiger charge is 2.59. The minimum atomic E-state index is -0.176. The first kappa shape index (κ1) is 19.7. The van der Waals surface area contributed by atoms with E-state index in [4.69, 9.17) is 4.74 Å². The third-order valence-corrected chi connectivity index (χ3v) is 8.17. The minimum absolute atomic E-state index is 0.176. The summed E-state index contributed by atoms with van der Waals surface area (Å²) in [5.74, 6) is 1.34. The van der Waals surface area contributed by atoms with Crippen LogP contribution < -0.4 is 4.90 Å². The van der Waals surface area contributed by atoms with Gasteiger partial charge in [0.05, 0.1) is 6.26 Å². The molecule has 0 aromatic heterocycles. The molecule has 2 heterocycles. The molecule has 1 aromatic rings. The van der Waals surface area contributed by atoms with Crippen molar-refractivity contribution in [3.8, 4) is 0 Å². The quantitative estimate of drug-likeness (QED) is 0.544. The first-order valence-corrected chi connectivity index (χ1v) is 11.8. The molecule has 5 rings (SSSR count). The summed E-state index contributed by atoms with van der Waals surface area (Å²) in [5, 5.41) is 0. The van der Waals surface area contributed by atoms with Gasteiger partial charge in [-0.3, -0.25) is 0 Å². The average Bonchev–Trinajstić information content (AvgIpc) is 3.02. The molecule has 0 radical (unpaired) electrons. The van der Waals surface area contributed by atoms with Crippen LogP contribution in [0.3, 0.4) is 0 Å². The fraction of sp³-hybridized carbons (Fsp3) is 0.500. The molecule has 1 saturated heterocycles. The van der Waals surface area contributed by atoms with Crippen molar-refractivity contribution in [1.29, 1.82) is 0 Å². The number of ether oxygens (including phenoxy) is 1. The maximum Gasteiger partial charge on any atom is 0.121 e. The Bertz CT molecular complexity index is 938. The average molecular weight is 402 g/mol. The third-order valence-electron chi connectivity index (χ3n) is 8.17. The lowest BCUT2D eigenvalue weighted by Crippen LogP contribution is -2.47. The predicted molar refractivity (Wildman–Crippen MR) is 126 cm³/mol. The monoisotopic (exact) mass is 401 g/mol. The number of fused-ring (bicyclic) bond motifs is 5. The molecule has 30 heavy (non-hydrogen) atoms. The summed E-state index contributed by atoms with van der Waals surface area (Å²) >= 11 is 0. The Morgan fingerprint density at radius 1 is 1.00 bits per heavy atom. The van der Waals surface area contributed by atoms with Crippen LogP contribution in [0.2, 0.25) is 0 Å². The SMILES string of the molecule is CCc1ccc(N2C3CC=CC=CC3C3C2CC=CC2C(C)=COC23C)cc1CC. The Kier molecular flexibility index (Phi) is 4.92. The Hall–Kier alpha value is -2.22. The first-order valence-electron chi connectivity index (χ1n) is 11.8. The molecule has 0 spiro atoms. The largest absolute Gasteiger partial charge is 0.494 e. The van der Waals surface area contributed by atoms with Crippen molar-refractivity contribution in [3.63, 3.8) is 0 Å². The van der Waals surface area contributed by atoms with Crippen LogP contribution >= 0.6 is 0 Å². The van der Waals surface area contributed by atoms with E-state index in [-0.39, 0.29) is 5.60 Å². The molecular weight excluding hydrogens is 366 g/mol. The zero-order chi connectivity index (χ0) is 20.9. The summed E-state index contributed by atoms with van der Waals surface area (Å²) in [6.07, 6.45) is 20.6. The van der Waals surface area contributed by atoms with Gasteiger partial charge in [-0.1, -0.05) is 56.4 Å². The number of nitrogens with zero attached hydrogens (tertiary/aromatic N) is 1. The highest BCUT2D eigenvalue weighted by atomic mass is 16.5. The van der Waals surface area contributed by atoms with E-state index in [9.17, 15) is 0 Å². The van der Waals surface area contributed by atoms with Gasteiger partial charge in [0, 0.05) is 35.5 Å². The summed E-state index contributed by atoms with van der Waals surface area (Å²) in [5.41, 5.74) is 5.57. The highest BCUT2D eigenvalue weighted by Crippen LogP contribution is 2.55. The lowest BCUT2D eigenvalue weighted by molar-refractivity contribution is -0.0298. The second-order valence-corrected chi connectivity index (χ2v) is 9.66. The summed E-state index contributed by atoms with van der Waals surface area (Å²) in [7, 11) is 0. The second-order valence-electron chi connectivity index (χ2n) is 9.66. The molecule has 6 atom stereocenters. The second kappa shape index (κ2) is 7.48. The van der Waals surface area contributed by atoms with E-state index in [0.717, 1.165) is 25.7 Å². The summed E-state index contributed by atoms with van der Waals surface area (Å²) in [6, 6.07) is 8.17. The smallest absolute Gasteiger partial charge is 0.121 e. The van der Waals surface area contributed by atoms with Crippen molar-refractivity contribution in [1.82, 2.24) is 0 Å². The highest BCUT2D eigenvalue weighted by molar-refractivity contribution is 5.56. The summed E-state index contributed by atoms with van der Waals surface area (Å²) < 4.78 is 6.51. The Morgan fingerprint density at radius 2 is 1.80 bits per heavy atom. The molecule has 1 aromatic carbocycles. The van der Waals surface area contributed by atoms with Crippen LogP contribution in [0.4, 0.5) is 5.69 Å². The standard InChI is InChI=1S/C28H35NO/c1-5-20-15-16-22(17-21(20)6-2)29-25-13-9-7-8-11-23(25)27-26(29)14-10-12-24-19(3)18-30-28(24,27)4/h7-12,15-18,23-27H,5-6,13-14H2,1-4H3. The van der Waals surface area contributed by atoms with Gasteiger partial charge in [-0.05, 0) is 68.4 Å². The fourth-order valence-corrected chi connectivity index (χ4v) is 6.76. The molecule has 158 valence electrons. The van der Waals surface area contributed by atoms with Crippen LogP contribution in [-0.2, 0) is 17.6 Å². The van der Waals surface area contributed by atoms with E-state index in [0.29, 0.717) is 29.8 Å². The molecule has 2 nitrogen and oxygen atoms in total. The number of rotatable bonds is 3. The van der Waals surface area contributed by atoms with E-state index < -0.39 is 0 Å².